The van der Waals surface area contributed by atoms with Gasteiger partial charge >= 0.3 is 5.97 Å². The number of ether oxygens (including phenoxy) is 1. The highest BCUT2D eigenvalue weighted by Gasteiger charge is 2.29. The van der Waals surface area contributed by atoms with Crippen molar-refractivity contribution >= 4 is 5.97 Å². The lowest BCUT2D eigenvalue weighted by molar-refractivity contribution is -0.142. The van der Waals surface area contributed by atoms with E-state index in [0.29, 0.717) is 18.5 Å². The van der Waals surface area contributed by atoms with Crippen molar-refractivity contribution in [2.24, 2.45) is 0 Å². The molecule has 1 fully saturated rings. The van der Waals surface area contributed by atoms with Crippen LogP contribution in [0.15, 0.2) is 0 Å². The largest absolute Gasteiger partial charge is 0.469 e. The van der Waals surface area contributed by atoms with Crippen LogP contribution in [0.2, 0.25) is 0 Å². The van der Waals surface area contributed by atoms with E-state index in [0.717, 1.165) is 13.1 Å². The minimum atomic E-state index is -0.123. The van der Waals surface area contributed by atoms with Crippen molar-refractivity contribution in [2.45, 2.75) is 45.3 Å². The quantitative estimate of drug-likeness (QED) is 0.699. The van der Waals surface area contributed by atoms with Gasteiger partial charge in [-0.1, -0.05) is 0 Å². The second-order valence-electron chi connectivity index (χ2n) is 4.53. The van der Waals surface area contributed by atoms with E-state index in [4.69, 9.17) is 4.74 Å². The third kappa shape index (κ3) is 3.47. The minimum Gasteiger partial charge on any atom is -0.469 e. The van der Waals surface area contributed by atoms with Crippen LogP contribution in [0.25, 0.3) is 0 Å². The molecule has 0 bridgehead atoms. The first-order valence-electron chi connectivity index (χ1n) is 5.60. The highest BCUT2D eigenvalue weighted by atomic mass is 16.5. The number of rotatable bonds is 3. The van der Waals surface area contributed by atoms with Crippen molar-refractivity contribution in [3.63, 3.8) is 0 Å². The maximum absolute atomic E-state index is 11.3. The van der Waals surface area contributed by atoms with Gasteiger partial charge in [0.2, 0.25) is 0 Å². The first-order chi connectivity index (χ1) is 7.04. The zero-order chi connectivity index (χ0) is 11.4. The van der Waals surface area contributed by atoms with Gasteiger partial charge in [0, 0.05) is 31.2 Å². The highest BCUT2D eigenvalue weighted by molar-refractivity contribution is 5.70. The van der Waals surface area contributed by atoms with Crippen LogP contribution >= 0.6 is 0 Å². The molecule has 1 aliphatic rings. The lowest BCUT2D eigenvalue weighted by Gasteiger charge is -2.41. The number of nitrogens with one attached hydrogen (secondary N) is 1. The topological polar surface area (TPSA) is 41.6 Å². The van der Waals surface area contributed by atoms with Crippen molar-refractivity contribution in [2.75, 3.05) is 20.2 Å². The van der Waals surface area contributed by atoms with Gasteiger partial charge in [-0.15, -0.1) is 0 Å². The Morgan fingerprint density at radius 3 is 2.80 bits per heavy atom. The second-order valence-corrected chi connectivity index (χ2v) is 4.53. The highest BCUT2D eigenvalue weighted by Crippen LogP contribution is 2.14. The van der Waals surface area contributed by atoms with Crippen molar-refractivity contribution in [1.82, 2.24) is 10.2 Å². The van der Waals surface area contributed by atoms with E-state index in [1.54, 1.807) is 0 Å². The summed E-state index contributed by atoms with van der Waals surface area (Å²) < 4.78 is 4.71. The van der Waals surface area contributed by atoms with Crippen LogP contribution in [-0.4, -0.2) is 49.2 Å². The molecule has 0 amide bonds. The van der Waals surface area contributed by atoms with Crippen molar-refractivity contribution < 1.29 is 9.53 Å². The molecular formula is C11H22N2O2. The lowest BCUT2D eigenvalue weighted by atomic mass is 10.0. The normalized spacial score (nSPS) is 28.1. The summed E-state index contributed by atoms with van der Waals surface area (Å²) in [5, 5.41) is 3.40. The molecule has 2 unspecified atom stereocenters. The van der Waals surface area contributed by atoms with E-state index >= 15 is 0 Å². The number of carbonyl (C=O) groups is 1. The van der Waals surface area contributed by atoms with Gasteiger partial charge in [0.05, 0.1) is 13.5 Å². The predicted octanol–water partition coefficient (Wildman–Crippen LogP) is 0.620. The van der Waals surface area contributed by atoms with Gasteiger partial charge in [-0.3, -0.25) is 9.69 Å². The number of piperazine rings is 1. The Bertz CT molecular complexity index is 219. The molecule has 0 spiro atoms. The van der Waals surface area contributed by atoms with Crippen LogP contribution in [0.4, 0.5) is 0 Å². The molecule has 0 aliphatic carbocycles. The summed E-state index contributed by atoms with van der Waals surface area (Å²) in [4.78, 5) is 13.6. The summed E-state index contributed by atoms with van der Waals surface area (Å²) in [7, 11) is 1.45. The molecule has 1 heterocycles. The molecule has 0 radical (unpaired) electrons. The van der Waals surface area contributed by atoms with Gasteiger partial charge < -0.3 is 10.1 Å². The Hall–Kier alpha value is -0.610. The number of nitrogens with zero attached hydrogens (tertiary/aromatic N) is 1. The predicted molar refractivity (Wildman–Crippen MR) is 59.7 cm³/mol. The van der Waals surface area contributed by atoms with Gasteiger partial charge in [-0.2, -0.15) is 0 Å². The Labute approximate surface area is 92.0 Å². The second kappa shape index (κ2) is 5.47. The van der Waals surface area contributed by atoms with E-state index in [9.17, 15) is 4.79 Å². The number of hydrogen-bond acceptors (Lipinski definition) is 4. The SMILES string of the molecule is COC(=O)CC1CNC(C)CN1C(C)C. The average Bonchev–Trinajstić information content (AvgIpc) is 2.20. The molecule has 4 nitrogen and oxygen atoms in total. The van der Waals surface area contributed by atoms with Gasteiger partial charge in [-0.25, -0.2) is 0 Å². The van der Waals surface area contributed by atoms with Gasteiger partial charge in [0.25, 0.3) is 0 Å². The maximum atomic E-state index is 11.3. The molecule has 1 rings (SSSR count). The summed E-state index contributed by atoms with van der Waals surface area (Å²) in [6.07, 6.45) is 0.481. The van der Waals surface area contributed by atoms with Gasteiger partial charge in [0.1, 0.15) is 0 Å². The Kier molecular flexibility index (Phi) is 4.54. The maximum Gasteiger partial charge on any atom is 0.307 e. The van der Waals surface area contributed by atoms with Crippen molar-refractivity contribution in [3.8, 4) is 0 Å². The van der Waals surface area contributed by atoms with Crippen LogP contribution in [-0.2, 0) is 9.53 Å². The molecule has 1 saturated heterocycles. The molecule has 88 valence electrons. The molecule has 0 aromatic carbocycles. The third-order valence-electron chi connectivity index (χ3n) is 2.95. The number of methoxy groups -OCH3 is 1. The zero-order valence-electron chi connectivity index (χ0n) is 10.1. The summed E-state index contributed by atoms with van der Waals surface area (Å²) >= 11 is 0. The Morgan fingerprint density at radius 2 is 2.27 bits per heavy atom. The lowest BCUT2D eigenvalue weighted by Crippen LogP contribution is -2.58. The molecule has 15 heavy (non-hydrogen) atoms. The molecule has 0 aromatic heterocycles. The number of carbonyl (C=O) groups excluding carboxylic acids is 1. The first kappa shape index (κ1) is 12.5. The summed E-state index contributed by atoms with van der Waals surface area (Å²) in [6, 6.07) is 1.25. The molecule has 4 heteroatoms. The summed E-state index contributed by atoms with van der Waals surface area (Å²) in [6.45, 7) is 8.38. The van der Waals surface area contributed by atoms with E-state index in [2.05, 4.69) is 31.0 Å². The van der Waals surface area contributed by atoms with E-state index in [1.807, 2.05) is 0 Å². The number of esters is 1. The standard InChI is InChI=1S/C11H22N2O2/c1-8(2)13-7-9(3)12-6-10(13)5-11(14)15-4/h8-10,12H,5-7H2,1-4H3. The minimum absolute atomic E-state index is 0.123. The smallest absolute Gasteiger partial charge is 0.307 e. The van der Waals surface area contributed by atoms with Crippen molar-refractivity contribution in [1.29, 1.82) is 0 Å². The van der Waals surface area contributed by atoms with Gasteiger partial charge in [-0.05, 0) is 20.8 Å². The Balaban J connectivity index is 2.56. The fourth-order valence-electron chi connectivity index (χ4n) is 2.08. The molecule has 1 aliphatic heterocycles. The fraction of sp³-hybridized carbons (Fsp3) is 0.909. The molecule has 0 saturated carbocycles. The molecule has 2 atom stereocenters. The molecule has 1 N–H and O–H groups in total. The van der Waals surface area contributed by atoms with Crippen LogP contribution in [0.5, 0.6) is 0 Å². The van der Waals surface area contributed by atoms with E-state index < -0.39 is 0 Å². The average molecular weight is 214 g/mol. The monoisotopic (exact) mass is 214 g/mol. The summed E-state index contributed by atoms with van der Waals surface area (Å²) in [5.41, 5.74) is 0. The summed E-state index contributed by atoms with van der Waals surface area (Å²) in [5.74, 6) is -0.123. The zero-order valence-corrected chi connectivity index (χ0v) is 10.1. The van der Waals surface area contributed by atoms with Crippen LogP contribution in [0.3, 0.4) is 0 Å². The fourth-order valence-corrected chi connectivity index (χ4v) is 2.08. The molecular weight excluding hydrogens is 192 g/mol. The van der Waals surface area contributed by atoms with Gasteiger partial charge in [0.15, 0.2) is 0 Å². The van der Waals surface area contributed by atoms with E-state index in [1.165, 1.54) is 7.11 Å². The van der Waals surface area contributed by atoms with Crippen LogP contribution in [0.1, 0.15) is 27.2 Å². The van der Waals surface area contributed by atoms with Crippen LogP contribution in [0, 0.1) is 0 Å². The van der Waals surface area contributed by atoms with Crippen molar-refractivity contribution in [3.05, 3.63) is 0 Å². The third-order valence-corrected chi connectivity index (χ3v) is 2.95. The van der Waals surface area contributed by atoms with Crippen LogP contribution < -0.4 is 5.32 Å². The number of hydrogen-bond donors (Lipinski definition) is 1. The molecule has 0 aromatic rings. The van der Waals surface area contributed by atoms with E-state index in [-0.39, 0.29) is 12.0 Å². The first-order valence-corrected chi connectivity index (χ1v) is 5.60. The Morgan fingerprint density at radius 1 is 1.60 bits per heavy atom.